The summed E-state index contributed by atoms with van der Waals surface area (Å²) < 4.78 is 29.0. The second kappa shape index (κ2) is 10.0. The number of carboxylic acid groups (broad SMARTS) is 1. The highest BCUT2D eigenvalue weighted by molar-refractivity contribution is 6.30. The van der Waals surface area contributed by atoms with Crippen molar-refractivity contribution >= 4 is 40.5 Å². The maximum atomic E-state index is 14.8. The predicted molar refractivity (Wildman–Crippen MR) is 139 cm³/mol. The summed E-state index contributed by atoms with van der Waals surface area (Å²) in [5.41, 5.74) is 0.394. The molecule has 0 bridgehead atoms. The molecule has 9 heteroatoms. The highest BCUT2D eigenvalue weighted by atomic mass is 35.5. The van der Waals surface area contributed by atoms with Crippen molar-refractivity contribution in [2.24, 2.45) is 11.8 Å². The van der Waals surface area contributed by atoms with Crippen LogP contribution in [0.25, 0.3) is 0 Å². The van der Waals surface area contributed by atoms with Gasteiger partial charge in [0.2, 0.25) is 5.91 Å². The molecule has 1 aliphatic heterocycles. The van der Waals surface area contributed by atoms with Crippen LogP contribution in [0, 0.1) is 23.5 Å². The number of carboxylic acids is 1. The maximum Gasteiger partial charge on any atom is 0.335 e. The zero-order valence-electron chi connectivity index (χ0n) is 19.9. The molecule has 1 aliphatic carbocycles. The lowest BCUT2D eigenvalue weighted by Gasteiger charge is -2.43. The van der Waals surface area contributed by atoms with Crippen LogP contribution in [0.4, 0.5) is 25.8 Å². The molecule has 3 aromatic carbocycles. The molecule has 1 saturated carbocycles. The molecule has 1 fully saturated rings. The summed E-state index contributed by atoms with van der Waals surface area (Å²) in [6.07, 6.45) is 4.56. The summed E-state index contributed by atoms with van der Waals surface area (Å²) in [5, 5.41) is 19.3. The van der Waals surface area contributed by atoms with Crippen molar-refractivity contribution in [3.63, 3.8) is 0 Å². The number of fused-ring (bicyclic) bond motifs is 1. The van der Waals surface area contributed by atoms with Crippen LogP contribution in [0.15, 0.2) is 60.7 Å². The number of benzene rings is 3. The van der Waals surface area contributed by atoms with Gasteiger partial charge in [0.25, 0.3) is 0 Å². The molecule has 37 heavy (non-hydrogen) atoms. The molecule has 192 valence electrons. The fraction of sp³-hybridized carbons (Fsp3) is 0.286. The fourth-order valence-corrected chi connectivity index (χ4v) is 5.69. The minimum Gasteiger partial charge on any atom is -0.478 e. The number of hydrogen-bond acceptors (Lipinski definition) is 4. The summed E-state index contributed by atoms with van der Waals surface area (Å²) in [5.74, 6) is -3.75. The number of amides is 1. The topological polar surface area (TPSA) is 90.5 Å². The molecule has 1 heterocycles. The van der Waals surface area contributed by atoms with Crippen molar-refractivity contribution in [2.75, 3.05) is 16.0 Å². The lowest BCUT2D eigenvalue weighted by molar-refractivity contribution is -0.124. The number of carbonyl (C=O) groups is 2. The van der Waals surface area contributed by atoms with E-state index in [0.717, 1.165) is 43.7 Å². The highest BCUT2D eigenvalue weighted by Gasteiger charge is 2.52. The molecule has 6 nitrogen and oxygen atoms in total. The van der Waals surface area contributed by atoms with E-state index >= 15 is 0 Å². The van der Waals surface area contributed by atoms with Crippen LogP contribution in [-0.2, 0) is 10.5 Å². The van der Waals surface area contributed by atoms with Crippen LogP contribution < -0.4 is 16.0 Å². The number of aromatic carboxylic acids is 1. The fourth-order valence-electron chi connectivity index (χ4n) is 5.57. The molecule has 0 radical (unpaired) electrons. The van der Waals surface area contributed by atoms with Crippen molar-refractivity contribution in [1.29, 1.82) is 0 Å². The van der Waals surface area contributed by atoms with E-state index in [0.29, 0.717) is 16.4 Å². The molecule has 5 rings (SSSR count). The third kappa shape index (κ3) is 4.85. The third-order valence-electron chi connectivity index (χ3n) is 7.29. The van der Waals surface area contributed by atoms with E-state index in [1.54, 1.807) is 18.2 Å². The predicted octanol–water partition coefficient (Wildman–Crippen LogP) is 6.84. The summed E-state index contributed by atoms with van der Waals surface area (Å²) in [4.78, 5) is 25.3. The first-order valence-electron chi connectivity index (χ1n) is 12.2. The zero-order chi connectivity index (χ0) is 26.2. The lowest BCUT2D eigenvalue weighted by Crippen LogP contribution is -2.54. The van der Waals surface area contributed by atoms with Gasteiger partial charge in [0.05, 0.1) is 28.5 Å². The summed E-state index contributed by atoms with van der Waals surface area (Å²) in [6.45, 7) is 0. The van der Waals surface area contributed by atoms with Gasteiger partial charge >= 0.3 is 5.97 Å². The van der Waals surface area contributed by atoms with Gasteiger partial charge in [-0.1, -0.05) is 43.0 Å². The third-order valence-corrected chi connectivity index (χ3v) is 7.54. The summed E-state index contributed by atoms with van der Waals surface area (Å²) in [7, 11) is 0. The lowest BCUT2D eigenvalue weighted by atomic mass is 9.71. The highest BCUT2D eigenvalue weighted by Crippen LogP contribution is 2.49. The quantitative estimate of drug-likeness (QED) is 0.283. The number of hydrogen-bond donors (Lipinski definition) is 4. The van der Waals surface area contributed by atoms with Crippen molar-refractivity contribution < 1.29 is 23.5 Å². The normalized spacial score (nSPS) is 19.9. The Morgan fingerprint density at radius 2 is 1.65 bits per heavy atom. The Labute approximate surface area is 218 Å². The SMILES string of the molecule is O=C(O)c1ccc(NC(=O)C(C2CCCCC2)C2(c3ccc(Cl)cc3)Nc3ccc(F)cc3N2)c(F)c1. The van der Waals surface area contributed by atoms with Gasteiger partial charge in [-0.25, -0.2) is 13.6 Å². The standard InChI is InChI=1S/C28H26ClF2N3O3/c29-19-9-7-18(8-10-19)28(33-23-13-11-20(30)15-24(23)34-28)25(16-4-2-1-3-5-16)26(35)32-22-12-6-17(27(36)37)14-21(22)31/h6-16,25,33-34H,1-5H2,(H,32,35)(H,36,37). The number of rotatable bonds is 6. The average Bonchev–Trinajstić information content (AvgIpc) is 3.25. The van der Waals surface area contributed by atoms with E-state index < -0.39 is 35.1 Å². The van der Waals surface area contributed by atoms with Crippen molar-refractivity contribution in [1.82, 2.24) is 0 Å². The first-order chi connectivity index (χ1) is 17.8. The molecule has 4 N–H and O–H groups in total. The Kier molecular flexibility index (Phi) is 6.77. The smallest absolute Gasteiger partial charge is 0.335 e. The Bertz CT molecular complexity index is 1340. The molecule has 0 aromatic heterocycles. The van der Waals surface area contributed by atoms with Crippen molar-refractivity contribution in [3.05, 3.63) is 88.4 Å². The van der Waals surface area contributed by atoms with E-state index in [1.807, 2.05) is 12.1 Å². The second-order valence-electron chi connectivity index (χ2n) is 9.62. The van der Waals surface area contributed by atoms with Gasteiger partial charge in [-0.3, -0.25) is 4.79 Å². The number of halogens is 3. The molecular weight excluding hydrogens is 500 g/mol. The van der Waals surface area contributed by atoms with Crippen LogP contribution in [-0.4, -0.2) is 17.0 Å². The van der Waals surface area contributed by atoms with Gasteiger partial charge in [0, 0.05) is 5.02 Å². The molecule has 3 aromatic rings. The largest absolute Gasteiger partial charge is 0.478 e. The van der Waals surface area contributed by atoms with Crippen LogP contribution >= 0.6 is 11.6 Å². The Balaban J connectivity index is 1.59. The van der Waals surface area contributed by atoms with Crippen molar-refractivity contribution in [3.8, 4) is 0 Å². The van der Waals surface area contributed by atoms with E-state index in [2.05, 4.69) is 16.0 Å². The van der Waals surface area contributed by atoms with Gasteiger partial charge in [-0.2, -0.15) is 0 Å². The zero-order valence-corrected chi connectivity index (χ0v) is 20.6. The first kappa shape index (κ1) is 25.0. The number of nitrogens with one attached hydrogen (secondary N) is 3. The molecular formula is C28H26ClF2N3O3. The summed E-state index contributed by atoms with van der Waals surface area (Å²) in [6, 6.07) is 14.8. The van der Waals surface area contributed by atoms with Gasteiger partial charge in [-0.05, 0) is 72.9 Å². The van der Waals surface area contributed by atoms with Crippen LogP contribution in [0.2, 0.25) is 5.02 Å². The van der Waals surface area contributed by atoms with Gasteiger partial charge in [0.1, 0.15) is 17.3 Å². The number of anilines is 3. The Morgan fingerprint density at radius 3 is 2.32 bits per heavy atom. The van der Waals surface area contributed by atoms with Crippen LogP contribution in [0.1, 0.15) is 48.0 Å². The van der Waals surface area contributed by atoms with Crippen LogP contribution in [0.5, 0.6) is 0 Å². The molecule has 2 unspecified atom stereocenters. The molecule has 2 aliphatic rings. The van der Waals surface area contributed by atoms with E-state index in [4.69, 9.17) is 16.7 Å². The van der Waals surface area contributed by atoms with E-state index in [-0.39, 0.29) is 17.2 Å². The first-order valence-corrected chi connectivity index (χ1v) is 12.6. The molecule has 1 amide bonds. The molecule has 2 atom stereocenters. The van der Waals surface area contributed by atoms with E-state index in [9.17, 15) is 18.4 Å². The van der Waals surface area contributed by atoms with Gasteiger partial charge in [0.15, 0.2) is 0 Å². The van der Waals surface area contributed by atoms with Crippen LogP contribution in [0.3, 0.4) is 0 Å². The Morgan fingerprint density at radius 1 is 0.946 bits per heavy atom. The molecule has 0 spiro atoms. The minimum absolute atomic E-state index is 0.0649. The van der Waals surface area contributed by atoms with E-state index in [1.165, 1.54) is 24.3 Å². The average molecular weight is 526 g/mol. The number of carbonyl (C=O) groups excluding carboxylic acids is 1. The van der Waals surface area contributed by atoms with Gasteiger partial charge in [-0.15, -0.1) is 0 Å². The minimum atomic E-state index is -1.26. The molecule has 0 saturated heterocycles. The van der Waals surface area contributed by atoms with Crippen molar-refractivity contribution in [2.45, 2.75) is 37.8 Å². The van der Waals surface area contributed by atoms with Gasteiger partial charge < -0.3 is 21.1 Å². The maximum absolute atomic E-state index is 14.8. The second-order valence-corrected chi connectivity index (χ2v) is 10.1. The monoisotopic (exact) mass is 525 g/mol. The summed E-state index contributed by atoms with van der Waals surface area (Å²) >= 11 is 6.17. The Hall–Kier alpha value is -3.65.